The fourth-order valence-electron chi connectivity index (χ4n) is 1.81. The van der Waals surface area contributed by atoms with Crippen LogP contribution in [0.2, 0.25) is 0 Å². The fourth-order valence-corrected chi connectivity index (χ4v) is 4.21. The first-order valence-electron chi connectivity index (χ1n) is 5.60. The van der Waals surface area contributed by atoms with E-state index in [-0.39, 0.29) is 36.5 Å². The molecule has 0 spiro atoms. The summed E-state index contributed by atoms with van der Waals surface area (Å²) in [5.74, 6) is 0. The van der Waals surface area contributed by atoms with Crippen molar-refractivity contribution in [2.45, 2.75) is 17.7 Å². The van der Waals surface area contributed by atoms with Gasteiger partial charge in [-0.1, -0.05) is 16.3 Å². The highest BCUT2D eigenvalue weighted by Crippen LogP contribution is 2.21. The van der Waals surface area contributed by atoms with Crippen molar-refractivity contribution >= 4 is 20.2 Å². The van der Waals surface area contributed by atoms with Gasteiger partial charge in [0.1, 0.15) is 0 Å². The predicted molar refractivity (Wildman–Crippen MR) is 71.5 cm³/mol. The van der Waals surface area contributed by atoms with Gasteiger partial charge < -0.3 is 10.2 Å². The number of hydrogen-bond acceptors (Lipinski definition) is 6. The highest BCUT2D eigenvalue weighted by atomic mass is 32.3. The van der Waals surface area contributed by atoms with E-state index in [4.69, 9.17) is 10.2 Å². The van der Waals surface area contributed by atoms with E-state index in [0.717, 1.165) is 0 Å². The molecule has 5 N–H and O–H groups in total. The van der Waals surface area contributed by atoms with Gasteiger partial charge in [0, 0.05) is 13.2 Å². The van der Waals surface area contributed by atoms with Crippen molar-refractivity contribution in [2.75, 3.05) is 13.2 Å². The zero-order valence-corrected chi connectivity index (χ0v) is 12.1. The average molecular weight is 324 g/mol. The summed E-state index contributed by atoms with van der Waals surface area (Å²) >= 11 is 0. The van der Waals surface area contributed by atoms with Gasteiger partial charge in [0.15, 0.2) is 0 Å². The highest BCUT2D eigenvalue weighted by Gasteiger charge is 2.24. The number of aliphatic hydroxyl groups excluding tert-OH is 2. The molecule has 0 atom stereocenters. The molecule has 0 radical (unpaired) electrons. The first kappa shape index (κ1) is 17.0. The fraction of sp³-hybridized carbons (Fsp3) is 0.400. The Morgan fingerprint density at radius 3 is 2.15 bits per heavy atom. The second-order valence-corrected chi connectivity index (χ2v) is 7.18. The second kappa shape index (κ2) is 6.61. The molecule has 1 rings (SSSR count). The molecule has 114 valence electrons. The molecular weight excluding hydrogens is 308 g/mol. The van der Waals surface area contributed by atoms with Crippen molar-refractivity contribution in [1.82, 2.24) is 4.13 Å². The zero-order chi connectivity index (χ0) is 15.4. The van der Waals surface area contributed by atoms with E-state index >= 15 is 0 Å². The Kier molecular flexibility index (Phi) is 5.62. The third-order valence-corrected chi connectivity index (χ3v) is 5.26. The summed E-state index contributed by atoms with van der Waals surface area (Å²) < 4.78 is 47.1. The van der Waals surface area contributed by atoms with Gasteiger partial charge in [-0.25, -0.2) is 13.6 Å². The second-order valence-electron chi connectivity index (χ2n) is 3.97. The summed E-state index contributed by atoms with van der Waals surface area (Å²) in [6, 6.07) is 4.22. The van der Waals surface area contributed by atoms with E-state index < -0.39 is 20.2 Å². The molecule has 10 heteroatoms. The largest absolute Gasteiger partial charge is 0.396 e. The van der Waals surface area contributed by atoms with Gasteiger partial charge in [-0.15, -0.1) is 0 Å². The van der Waals surface area contributed by atoms with Crippen molar-refractivity contribution in [3.05, 3.63) is 29.3 Å². The van der Waals surface area contributed by atoms with E-state index in [9.17, 15) is 16.8 Å². The normalized spacial score (nSPS) is 12.6. The molecule has 0 saturated carbocycles. The first-order valence-corrected chi connectivity index (χ1v) is 8.63. The molecule has 1 aromatic carbocycles. The highest BCUT2D eigenvalue weighted by molar-refractivity contribution is 8.03. The summed E-state index contributed by atoms with van der Waals surface area (Å²) in [5.41, 5.74) is 0.763. The Morgan fingerprint density at radius 1 is 1.05 bits per heavy atom. The van der Waals surface area contributed by atoms with Crippen LogP contribution in [0.15, 0.2) is 23.1 Å². The van der Waals surface area contributed by atoms with Crippen LogP contribution >= 0.6 is 0 Å². The molecule has 20 heavy (non-hydrogen) atoms. The van der Waals surface area contributed by atoms with Crippen LogP contribution in [0.25, 0.3) is 0 Å². The molecule has 0 unspecified atom stereocenters. The molecule has 1 aromatic rings. The molecule has 0 aromatic heterocycles. The number of hydrogen-bond donors (Lipinski definition) is 4. The van der Waals surface area contributed by atoms with Crippen molar-refractivity contribution in [3.8, 4) is 0 Å². The number of aliphatic hydroxyl groups is 2. The van der Waals surface area contributed by atoms with Gasteiger partial charge in [-0.05, 0) is 30.0 Å². The summed E-state index contributed by atoms with van der Waals surface area (Å²) in [4.78, 5) is -0.286. The van der Waals surface area contributed by atoms with Crippen molar-refractivity contribution in [1.29, 1.82) is 0 Å². The van der Waals surface area contributed by atoms with Gasteiger partial charge in [0.05, 0.1) is 4.90 Å². The van der Waals surface area contributed by atoms with Crippen LogP contribution in [0, 0.1) is 0 Å². The van der Waals surface area contributed by atoms with Crippen LogP contribution in [-0.2, 0) is 33.1 Å². The summed E-state index contributed by atoms with van der Waals surface area (Å²) in [6.45, 7) is -0.523. The minimum atomic E-state index is -4.44. The van der Waals surface area contributed by atoms with Crippen LogP contribution in [0.3, 0.4) is 0 Å². The van der Waals surface area contributed by atoms with E-state index in [2.05, 4.69) is 5.14 Å². The summed E-state index contributed by atoms with van der Waals surface area (Å²) in [7, 11) is -8.80. The smallest absolute Gasteiger partial charge is 0.287 e. The Bertz CT molecular complexity index is 669. The molecule has 0 saturated heterocycles. The van der Waals surface area contributed by atoms with E-state index in [1.165, 1.54) is 16.3 Å². The standard InChI is InChI=1S/C10H16N2O6S2/c11-20(17,18)12-19(15,16)10-3-1-2-8(4-6-13)9(10)5-7-14/h1-3,12-14H,4-7H2,(H2,11,17,18). The van der Waals surface area contributed by atoms with Gasteiger partial charge in [-0.3, -0.25) is 0 Å². The molecule has 0 aliphatic carbocycles. The maximum atomic E-state index is 12.0. The molecule has 0 amide bonds. The quantitative estimate of drug-likeness (QED) is 0.467. The Hall–Kier alpha value is -1.04. The third-order valence-electron chi connectivity index (χ3n) is 2.49. The summed E-state index contributed by atoms with van der Waals surface area (Å²) in [5, 5.41) is 22.6. The zero-order valence-electron chi connectivity index (χ0n) is 10.5. The minimum absolute atomic E-state index is 0.0109. The van der Waals surface area contributed by atoms with Gasteiger partial charge in [0.2, 0.25) is 0 Å². The van der Waals surface area contributed by atoms with E-state index in [1.54, 1.807) is 6.07 Å². The Morgan fingerprint density at radius 2 is 1.65 bits per heavy atom. The molecule has 0 bridgehead atoms. The van der Waals surface area contributed by atoms with Crippen LogP contribution < -0.4 is 9.27 Å². The lowest BCUT2D eigenvalue weighted by Gasteiger charge is -2.14. The van der Waals surface area contributed by atoms with Crippen LogP contribution in [0.4, 0.5) is 0 Å². The monoisotopic (exact) mass is 324 g/mol. The number of benzene rings is 1. The van der Waals surface area contributed by atoms with E-state index in [1.807, 2.05) is 0 Å². The molecule has 0 heterocycles. The van der Waals surface area contributed by atoms with Crippen molar-refractivity contribution in [2.24, 2.45) is 5.14 Å². The van der Waals surface area contributed by atoms with Crippen LogP contribution in [-0.4, -0.2) is 40.3 Å². The van der Waals surface area contributed by atoms with Gasteiger partial charge in [0.25, 0.3) is 20.2 Å². The lowest BCUT2D eigenvalue weighted by molar-refractivity contribution is 0.292. The molecule has 8 nitrogen and oxygen atoms in total. The Balaban J connectivity index is 3.40. The van der Waals surface area contributed by atoms with E-state index in [0.29, 0.717) is 5.56 Å². The minimum Gasteiger partial charge on any atom is -0.396 e. The van der Waals surface area contributed by atoms with Crippen LogP contribution in [0.1, 0.15) is 11.1 Å². The molecule has 0 aliphatic heterocycles. The number of nitrogens with two attached hydrogens (primary N) is 1. The van der Waals surface area contributed by atoms with Crippen molar-refractivity contribution in [3.63, 3.8) is 0 Å². The molecular formula is C10H16N2O6S2. The average Bonchev–Trinajstić information content (AvgIpc) is 2.28. The molecule has 0 fully saturated rings. The number of sulfonamides is 1. The Labute approximate surface area is 117 Å². The predicted octanol–water partition coefficient (Wildman–Crippen LogP) is -1.76. The number of nitrogens with one attached hydrogen (secondary N) is 1. The molecule has 0 aliphatic rings. The SMILES string of the molecule is NS(=O)(=O)NS(=O)(=O)c1cccc(CCO)c1CCO. The van der Waals surface area contributed by atoms with Gasteiger partial charge >= 0.3 is 0 Å². The van der Waals surface area contributed by atoms with Crippen molar-refractivity contribution < 1.29 is 27.0 Å². The maximum Gasteiger partial charge on any atom is 0.287 e. The van der Waals surface area contributed by atoms with Crippen LogP contribution in [0.5, 0.6) is 0 Å². The third kappa shape index (κ3) is 4.51. The topological polar surface area (TPSA) is 147 Å². The lowest BCUT2D eigenvalue weighted by Crippen LogP contribution is -2.36. The first-order chi connectivity index (χ1) is 9.21. The maximum absolute atomic E-state index is 12.0. The summed E-state index contributed by atoms with van der Waals surface area (Å²) in [6.07, 6.45) is 0.200. The number of rotatable bonds is 7. The lowest BCUT2D eigenvalue weighted by atomic mass is 10.0. The van der Waals surface area contributed by atoms with Gasteiger partial charge in [-0.2, -0.15) is 8.42 Å².